The van der Waals surface area contributed by atoms with Gasteiger partial charge in [0, 0.05) is 18.5 Å². The third-order valence-electron chi connectivity index (χ3n) is 3.96. The lowest BCUT2D eigenvalue weighted by Crippen LogP contribution is -2.22. The van der Waals surface area contributed by atoms with Gasteiger partial charge in [-0.1, -0.05) is 6.92 Å². The Hall–Kier alpha value is -1.18. The normalized spacial score (nSPS) is 19.2. The molecule has 0 aromatic carbocycles. The molecule has 2 aromatic heterocycles. The quantitative estimate of drug-likeness (QED) is 0.885. The van der Waals surface area contributed by atoms with E-state index in [-0.39, 0.29) is 0 Å². The molecule has 1 aliphatic heterocycles. The van der Waals surface area contributed by atoms with Crippen molar-refractivity contribution < 1.29 is 0 Å². The van der Waals surface area contributed by atoms with Crippen molar-refractivity contribution in [2.75, 3.05) is 37.2 Å². The largest absolute Gasteiger partial charge is 0.382 e. The number of hydrogen-bond acceptors (Lipinski definition) is 7. The first-order valence-electron chi connectivity index (χ1n) is 7.31. The summed E-state index contributed by atoms with van der Waals surface area (Å²) in [5, 5.41) is 7.69. The maximum Gasteiger partial charge on any atom is 0.148 e. The molecule has 1 fully saturated rings. The highest BCUT2D eigenvalue weighted by Crippen LogP contribution is 2.37. The zero-order chi connectivity index (χ0) is 14.8. The molecule has 114 valence electrons. The minimum atomic E-state index is 0.578. The maximum absolute atomic E-state index is 6.03. The van der Waals surface area contributed by atoms with Crippen molar-refractivity contribution in [3.05, 3.63) is 10.4 Å². The van der Waals surface area contributed by atoms with Crippen molar-refractivity contribution in [1.29, 1.82) is 0 Å². The van der Waals surface area contributed by atoms with Gasteiger partial charge in [0.25, 0.3) is 0 Å². The van der Waals surface area contributed by atoms with Crippen molar-refractivity contribution >= 4 is 33.7 Å². The summed E-state index contributed by atoms with van der Waals surface area (Å²) >= 11 is 3.08. The average molecular weight is 323 g/mol. The number of likely N-dealkylation sites (tertiary alicyclic amines) is 1. The number of rotatable bonds is 5. The van der Waals surface area contributed by atoms with Crippen LogP contribution in [0.4, 0.5) is 10.8 Å². The Labute approximate surface area is 133 Å². The fourth-order valence-corrected chi connectivity index (χ4v) is 4.09. The van der Waals surface area contributed by atoms with E-state index in [1.54, 1.807) is 11.3 Å². The van der Waals surface area contributed by atoms with E-state index in [0.29, 0.717) is 11.7 Å². The number of anilines is 2. The predicted octanol–water partition coefficient (Wildman–Crippen LogP) is 2.91. The Morgan fingerprint density at radius 1 is 1.52 bits per heavy atom. The second-order valence-corrected chi connectivity index (χ2v) is 7.29. The molecule has 21 heavy (non-hydrogen) atoms. The highest BCUT2D eigenvalue weighted by Gasteiger charge is 2.22. The number of nitrogens with zero attached hydrogens (tertiary/aromatic N) is 3. The molecule has 1 atom stereocenters. The van der Waals surface area contributed by atoms with Crippen LogP contribution < -0.4 is 11.1 Å². The lowest BCUT2D eigenvalue weighted by molar-refractivity contribution is 0.345. The van der Waals surface area contributed by atoms with Crippen LogP contribution in [0.2, 0.25) is 0 Å². The Morgan fingerprint density at radius 2 is 2.38 bits per heavy atom. The van der Waals surface area contributed by atoms with Crippen molar-refractivity contribution in [3.8, 4) is 11.3 Å². The molecule has 5 nitrogen and oxygen atoms in total. The smallest absolute Gasteiger partial charge is 0.148 e. The van der Waals surface area contributed by atoms with Gasteiger partial charge < -0.3 is 16.0 Å². The van der Waals surface area contributed by atoms with Crippen LogP contribution in [0, 0.1) is 12.8 Å². The van der Waals surface area contributed by atoms with Gasteiger partial charge >= 0.3 is 0 Å². The van der Waals surface area contributed by atoms with Crippen molar-refractivity contribution in [3.63, 3.8) is 0 Å². The van der Waals surface area contributed by atoms with Crippen molar-refractivity contribution in [1.82, 2.24) is 14.3 Å². The molecule has 1 aliphatic rings. The van der Waals surface area contributed by atoms with Crippen LogP contribution in [-0.4, -0.2) is 40.4 Å². The SMILES string of the molecule is CCN1CCC(CNc2snc(N)c2-c2csc(C)n2)C1. The third kappa shape index (κ3) is 3.20. The van der Waals surface area contributed by atoms with Crippen LogP contribution in [0.25, 0.3) is 11.3 Å². The van der Waals surface area contributed by atoms with Gasteiger partial charge in [0.15, 0.2) is 0 Å². The first-order chi connectivity index (χ1) is 10.2. The van der Waals surface area contributed by atoms with Gasteiger partial charge in [-0.3, -0.25) is 0 Å². The zero-order valence-corrected chi connectivity index (χ0v) is 14.1. The molecule has 0 saturated carbocycles. The lowest BCUT2D eigenvalue weighted by Gasteiger charge is -2.14. The number of nitrogens with one attached hydrogen (secondary N) is 1. The molecule has 3 N–H and O–H groups in total. The predicted molar refractivity (Wildman–Crippen MR) is 91.1 cm³/mol. The molecule has 3 heterocycles. The maximum atomic E-state index is 6.03. The summed E-state index contributed by atoms with van der Waals surface area (Å²) in [5.41, 5.74) is 7.93. The number of hydrogen-bond donors (Lipinski definition) is 2. The van der Waals surface area contributed by atoms with E-state index in [1.165, 1.54) is 31.0 Å². The summed E-state index contributed by atoms with van der Waals surface area (Å²) < 4.78 is 4.29. The number of thiazole rings is 1. The molecular weight excluding hydrogens is 302 g/mol. The van der Waals surface area contributed by atoms with Gasteiger partial charge in [0.2, 0.25) is 0 Å². The van der Waals surface area contributed by atoms with E-state index in [4.69, 9.17) is 5.73 Å². The van der Waals surface area contributed by atoms with Crippen LogP contribution in [0.5, 0.6) is 0 Å². The Balaban J connectivity index is 1.69. The van der Waals surface area contributed by atoms with Crippen LogP contribution in [0.1, 0.15) is 18.4 Å². The van der Waals surface area contributed by atoms with Gasteiger partial charge in [-0.2, -0.15) is 4.37 Å². The molecular formula is C14H21N5S2. The molecule has 1 unspecified atom stereocenters. The average Bonchev–Trinajstić information content (AvgIpc) is 3.16. The molecule has 0 bridgehead atoms. The molecule has 2 aromatic rings. The second-order valence-electron chi connectivity index (χ2n) is 5.45. The summed E-state index contributed by atoms with van der Waals surface area (Å²) in [4.78, 5) is 7.03. The minimum Gasteiger partial charge on any atom is -0.382 e. The van der Waals surface area contributed by atoms with Crippen molar-refractivity contribution in [2.45, 2.75) is 20.3 Å². The van der Waals surface area contributed by atoms with Gasteiger partial charge in [0.05, 0.1) is 16.3 Å². The van der Waals surface area contributed by atoms with E-state index in [0.717, 1.165) is 34.4 Å². The summed E-state index contributed by atoms with van der Waals surface area (Å²) in [6.45, 7) is 8.76. The topological polar surface area (TPSA) is 67.1 Å². The van der Waals surface area contributed by atoms with E-state index in [2.05, 4.69) is 31.9 Å². The zero-order valence-electron chi connectivity index (χ0n) is 12.4. The number of aromatic nitrogens is 2. The molecule has 7 heteroatoms. The van der Waals surface area contributed by atoms with E-state index in [9.17, 15) is 0 Å². The number of nitrogens with two attached hydrogens (primary N) is 1. The summed E-state index contributed by atoms with van der Waals surface area (Å²) in [6.07, 6.45) is 1.26. The Bertz CT molecular complexity index is 606. The van der Waals surface area contributed by atoms with Gasteiger partial charge in [-0.05, 0) is 43.9 Å². The summed E-state index contributed by atoms with van der Waals surface area (Å²) in [6, 6.07) is 0. The number of nitrogen functional groups attached to an aromatic ring is 1. The Morgan fingerprint density at radius 3 is 3.05 bits per heavy atom. The fraction of sp³-hybridized carbons (Fsp3) is 0.571. The molecule has 0 spiro atoms. The lowest BCUT2D eigenvalue weighted by atomic mass is 10.1. The third-order valence-corrected chi connectivity index (χ3v) is 5.55. The van der Waals surface area contributed by atoms with Gasteiger partial charge in [-0.25, -0.2) is 4.98 Å². The van der Waals surface area contributed by atoms with E-state index >= 15 is 0 Å². The van der Waals surface area contributed by atoms with Crippen LogP contribution >= 0.6 is 22.9 Å². The highest BCUT2D eigenvalue weighted by atomic mass is 32.1. The molecule has 3 rings (SSSR count). The second kappa shape index (κ2) is 6.29. The van der Waals surface area contributed by atoms with Crippen LogP contribution in [0.15, 0.2) is 5.38 Å². The Kier molecular flexibility index (Phi) is 4.42. The minimum absolute atomic E-state index is 0.578. The van der Waals surface area contributed by atoms with Crippen LogP contribution in [-0.2, 0) is 0 Å². The highest BCUT2D eigenvalue weighted by molar-refractivity contribution is 7.11. The fourth-order valence-electron chi connectivity index (χ4n) is 2.75. The summed E-state index contributed by atoms with van der Waals surface area (Å²) in [5.74, 6) is 1.28. The molecule has 1 saturated heterocycles. The first kappa shape index (κ1) is 14.7. The standard InChI is InChI=1S/C14H21N5S2/c1-3-19-5-4-10(7-19)6-16-14-12(13(15)18-21-14)11-8-20-9(2)17-11/h8,10,16H,3-7H2,1-2H3,(H2,15,18). The van der Waals surface area contributed by atoms with E-state index < -0.39 is 0 Å². The molecule has 0 aliphatic carbocycles. The van der Waals surface area contributed by atoms with Crippen molar-refractivity contribution in [2.24, 2.45) is 5.92 Å². The molecule has 0 amide bonds. The molecule has 0 radical (unpaired) electrons. The monoisotopic (exact) mass is 323 g/mol. The van der Waals surface area contributed by atoms with Gasteiger partial charge in [-0.15, -0.1) is 11.3 Å². The number of aryl methyl sites for hydroxylation is 1. The van der Waals surface area contributed by atoms with Crippen LogP contribution in [0.3, 0.4) is 0 Å². The first-order valence-corrected chi connectivity index (χ1v) is 8.96. The van der Waals surface area contributed by atoms with Gasteiger partial charge in [0.1, 0.15) is 10.8 Å². The summed E-state index contributed by atoms with van der Waals surface area (Å²) in [7, 11) is 0. The van der Waals surface area contributed by atoms with E-state index in [1.807, 2.05) is 6.92 Å².